The molecule has 0 bridgehead atoms. The van der Waals surface area contributed by atoms with E-state index < -0.39 is 11.9 Å². The normalized spacial score (nSPS) is 12.7. The Morgan fingerprint density at radius 2 is 2.21 bits per heavy atom. The van der Waals surface area contributed by atoms with E-state index >= 15 is 0 Å². The lowest BCUT2D eigenvalue weighted by Gasteiger charge is -2.05. The topological polar surface area (TPSA) is 58.9 Å². The van der Waals surface area contributed by atoms with Crippen molar-refractivity contribution in [1.29, 1.82) is 0 Å². The summed E-state index contributed by atoms with van der Waals surface area (Å²) in [7, 11) is 0. The van der Waals surface area contributed by atoms with Gasteiger partial charge in [0.1, 0.15) is 17.6 Å². The van der Waals surface area contributed by atoms with Gasteiger partial charge in [-0.15, -0.1) is 0 Å². The van der Waals surface area contributed by atoms with Crippen molar-refractivity contribution in [3.63, 3.8) is 0 Å². The molecule has 0 spiro atoms. The summed E-state index contributed by atoms with van der Waals surface area (Å²) >= 11 is 0.993. The second kappa shape index (κ2) is 3.77. The molecular weight excluding hydrogens is 205 g/mol. The Hall–Kier alpha value is -1.40. The van der Waals surface area contributed by atoms with Crippen molar-refractivity contribution >= 4 is 11.7 Å². The van der Waals surface area contributed by atoms with Gasteiger partial charge in [0, 0.05) is 11.8 Å². The molecule has 2 rings (SSSR count). The Kier molecular flexibility index (Phi) is 2.47. The predicted octanol–water partition coefficient (Wildman–Crippen LogP) is 1.15. The highest BCUT2D eigenvalue weighted by molar-refractivity contribution is 6.99. The Bertz CT molecular complexity index is 420. The zero-order chi connectivity index (χ0) is 9.97. The van der Waals surface area contributed by atoms with Crippen molar-refractivity contribution < 1.29 is 9.50 Å². The quantitative estimate of drug-likeness (QED) is 0.809. The van der Waals surface area contributed by atoms with Crippen molar-refractivity contribution in [2.45, 2.75) is 6.10 Å². The van der Waals surface area contributed by atoms with Gasteiger partial charge >= 0.3 is 0 Å². The summed E-state index contributed by atoms with van der Waals surface area (Å²) in [6.07, 6.45) is 2.96. The number of aliphatic hydroxyl groups is 1. The summed E-state index contributed by atoms with van der Waals surface area (Å²) in [5.74, 6) is -0.482. The zero-order valence-corrected chi connectivity index (χ0v) is 7.78. The highest BCUT2D eigenvalue weighted by Gasteiger charge is 2.13. The summed E-state index contributed by atoms with van der Waals surface area (Å²) < 4.78 is 20.4. The molecule has 2 heterocycles. The summed E-state index contributed by atoms with van der Waals surface area (Å²) in [5.41, 5.74) is 0.778. The molecule has 1 atom stereocenters. The van der Waals surface area contributed by atoms with Crippen molar-refractivity contribution in [3.8, 4) is 0 Å². The van der Waals surface area contributed by atoms with E-state index in [2.05, 4.69) is 13.7 Å². The first kappa shape index (κ1) is 9.17. The molecule has 0 aliphatic rings. The van der Waals surface area contributed by atoms with Gasteiger partial charge in [-0.25, -0.2) is 4.39 Å². The maximum atomic E-state index is 12.8. The van der Waals surface area contributed by atoms with Crippen molar-refractivity contribution in [1.82, 2.24) is 13.7 Å². The molecule has 1 unspecified atom stereocenters. The Morgan fingerprint density at radius 1 is 1.36 bits per heavy atom. The average Bonchev–Trinajstić information content (AvgIpc) is 2.69. The number of pyridine rings is 1. The number of hydrogen-bond donors (Lipinski definition) is 1. The molecule has 2 aromatic heterocycles. The van der Waals surface area contributed by atoms with Crippen LogP contribution in [0.3, 0.4) is 0 Å². The SMILES string of the molecule is OC(c1cncc(F)c1)c1cnsn1. The molecule has 1 N–H and O–H groups in total. The van der Waals surface area contributed by atoms with Gasteiger partial charge in [0.25, 0.3) is 0 Å². The van der Waals surface area contributed by atoms with Crippen molar-refractivity contribution in [2.24, 2.45) is 0 Å². The van der Waals surface area contributed by atoms with Gasteiger partial charge in [0.2, 0.25) is 0 Å². The zero-order valence-electron chi connectivity index (χ0n) is 6.96. The fraction of sp³-hybridized carbons (Fsp3) is 0.125. The summed E-state index contributed by atoms with van der Waals surface area (Å²) in [6.45, 7) is 0. The van der Waals surface area contributed by atoms with E-state index in [1.807, 2.05) is 0 Å². The van der Waals surface area contributed by atoms with Gasteiger partial charge in [-0.1, -0.05) is 0 Å². The maximum Gasteiger partial charge on any atom is 0.141 e. The molecule has 4 nitrogen and oxygen atoms in total. The Labute approximate surface area is 83.4 Å². The molecule has 0 aromatic carbocycles. The monoisotopic (exact) mass is 211 g/mol. The molecule has 0 saturated heterocycles. The molecule has 0 amide bonds. The van der Waals surface area contributed by atoms with Crippen LogP contribution in [0.4, 0.5) is 4.39 Å². The molecule has 2 aromatic rings. The van der Waals surface area contributed by atoms with Gasteiger partial charge in [-0.3, -0.25) is 4.98 Å². The van der Waals surface area contributed by atoms with Crippen LogP contribution in [0, 0.1) is 5.82 Å². The number of aromatic nitrogens is 3. The van der Waals surface area contributed by atoms with Gasteiger partial charge in [0.15, 0.2) is 0 Å². The second-order valence-electron chi connectivity index (χ2n) is 2.67. The van der Waals surface area contributed by atoms with Crippen LogP contribution in [0.1, 0.15) is 17.4 Å². The standard InChI is InChI=1S/C8H6FN3OS/c9-6-1-5(2-10-3-6)8(13)7-4-11-14-12-7/h1-4,8,13H. The summed E-state index contributed by atoms with van der Waals surface area (Å²) in [5, 5.41) is 9.70. The van der Waals surface area contributed by atoms with Crippen LogP contribution in [0.25, 0.3) is 0 Å². The van der Waals surface area contributed by atoms with Crippen LogP contribution >= 0.6 is 11.7 Å². The lowest BCUT2D eigenvalue weighted by molar-refractivity contribution is 0.215. The van der Waals surface area contributed by atoms with Gasteiger partial charge in [-0.05, 0) is 6.07 Å². The lowest BCUT2D eigenvalue weighted by atomic mass is 10.1. The van der Waals surface area contributed by atoms with Crippen LogP contribution in [-0.2, 0) is 0 Å². The lowest BCUT2D eigenvalue weighted by Crippen LogP contribution is -2.00. The number of rotatable bonds is 2. The van der Waals surface area contributed by atoms with E-state index in [4.69, 9.17) is 0 Å². The van der Waals surface area contributed by atoms with Gasteiger partial charge < -0.3 is 5.11 Å². The second-order valence-corrected chi connectivity index (χ2v) is 3.23. The molecule has 0 aliphatic heterocycles. The first-order chi connectivity index (χ1) is 6.77. The number of aliphatic hydroxyl groups excluding tert-OH is 1. The highest BCUT2D eigenvalue weighted by Crippen LogP contribution is 2.19. The minimum absolute atomic E-state index is 0.373. The van der Waals surface area contributed by atoms with Crippen LogP contribution in [-0.4, -0.2) is 18.8 Å². The van der Waals surface area contributed by atoms with E-state index in [9.17, 15) is 9.50 Å². The third-order valence-electron chi connectivity index (χ3n) is 1.70. The smallest absolute Gasteiger partial charge is 0.141 e. The number of nitrogens with zero attached hydrogens (tertiary/aromatic N) is 3. The van der Waals surface area contributed by atoms with E-state index in [1.54, 1.807) is 0 Å². The van der Waals surface area contributed by atoms with Crippen LogP contribution in [0.5, 0.6) is 0 Å². The molecular formula is C8H6FN3OS. The largest absolute Gasteiger partial charge is 0.382 e. The minimum Gasteiger partial charge on any atom is -0.382 e. The van der Waals surface area contributed by atoms with E-state index in [0.29, 0.717) is 11.3 Å². The third kappa shape index (κ3) is 1.75. The molecule has 6 heteroatoms. The summed E-state index contributed by atoms with van der Waals surface area (Å²) in [4.78, 5) is 3.64. The molecule has 0 saturated carbocycles. The fourth-order valence-electron chi connectivity index (χ4n) is 1.04. The van der Waals surface area contributed by atoms with Gasteiger partial charge in [0.05, 0.1) is 24.1 Å². The first-order valence-corrected chi connectivity index (χ1v) is 4.56. The Balaban J connectivity index is 2.32. The number of hydrogen-bond acceptors (Lipinski definition) is 5. The minimum atomic E-state index is -0.961. The predicted molar refractivity (Wildman–Crippen MR) is 48.2 cm³/mol. The molecule has 14 heavy (non-hydrogen) atoms. The van der Waals surface area contributed by atoms with Crippen molar-refractivity contribution in [3.05, 3.63) is 41.7 Å². The maximum absolute atomic E-state index is 12.8. The van der Waals surface area contributed by atoms with E-state index in [1.165, 1.54) is 18.5 Å². The Morgan fingerprint density at radius 3 is 2.86 bits per heavy atom. The average molecular weight is 211 g/mol. The summed E-state index contributed by atoms with van der Waals surface area (Å²) in [6, 6.07) is 1.22. The van der Waals surface area contributed by atoms with E-state index in [0.717, 1.165) is 17.9 Å². The van der Waals surface area contributed by atoms with E-state index in [-0.39, 0.29) is 0 Å². The fourth-order valence-corrected chi connectivity index (χ4v) is 1.48. The van der Waals surface area contributed by atoms with Crippen molar-refractivity contribution in [2.75, 3.05) is 0 Å². The van der Waals surface area contributed by atoms with Crippen LogP contribution < -0.4 is 0 Å². The highest BCUT2D eigenvalue weighted by atomic mass is 32.1. The van der Waals surface area contributed by atoms with Crippen LogP contribution in [0.15, 0.2) is 24.7 Å². The molecule has 0 fully saturated rings. The van der Waals surface area contributed by atoms with Crippen LogP contribution in [0.2, 0.25) is 0 Å². The molecule has 72 valence electrons. The number of halogens is 1. The first-order valence-electron chi connectivity index (χ1n) is 3.83. The third-order valence-corrected chi connectivity index (χ3v) is 2.19. The molecule has 0 radical (unpaired) electrons. The van der Waals surface area contributed by atoms with Gasteiger partial charge in [-0.2, -0.15) is 8.75 Å². The molecule has 0 aliphatic carbocycles.